The number of carbonyl (C=O) groups excluding carboxylic acids is 3. The van der Waals surface area contributed by atoms with Gasteiger partial charge in [0.15, 0.2) is 12.4 Å². The highest BCUT2D eigenvalue weighted by molar-refractivity contribution is 7.99. The fourth-order valence-electron chi connectivity index (χ4n) is 2.12. The van der Waals surface area contributed by atoms with Crippen molar-refractivity contribution in [1.82, 2.24) is 0 Å². The van der Waals surface area contributed by atoms with Crippen LogP contribution in [-0.4, -0.2) is 30.0 Å². The van der Waals surface area contributed by atoms with Gasteiger partial charge in [0.2, 0.25) is 0 Å². The fraction of sp³-hybridized carbons (Fsp3) is 0.250. The van der Waals surface area contributed by atoms with Crippen molar-refractivity contribution < 1.29 is 19.1 Å². The summed E-state index contributed by atoms with van der Waals surface area (Å²) in [5.74, 6) is -0.356. The first-order valence-corrected chi connectivity index (χ1v) is 9.18. The minimum Gasteiger partial charge on any atom is -0.456 e. The van der Waals surface area contributed by atoms with Gasteiger partial charge in [0.25, 0.3) is 5.91 Å². The van der Waals surface area contributed by atoms with Crippen molar-refractivity contribution in [2.45, 2.75) is 25.2 Å². The quantitative estimate of drug-likeness (QED) is 0.433. The number of hydrogen-bond acceptors (Lipinski definition) is 5. The molecular formula is C20H21NO4S. The predicted octanol–water partition coefficient (Wildman–Crippen LogP) is 3.86. The summed E-state index contributed by atoms with van der Waals surface area (Å²) in [6, 6.07) is 14.7. The predicted molar refractivity (Wildman–Crippen MR) is 103 cm³/mol. The summed E-state index contributed by atoms with van der Waals surface area (Å²) in [7, 11) is 0. The van der Waals surface area contributed by atoms with E-state index in [0.717, 1.165) is 4.90 Å². The lowest BCUT2D eigenvalue weighted by Crippen LogP contribution is -2.21. The lowest BCUT2D eigenvalue weighted by molar-refractivity contribution is -0.146. The molecule has 0 fully saturated rings. The molecule has 2 rings (SSSR count). The summed E-state index contributed by atoms with van der Waals surface area (Å²) in [6.07, 6.45) is 0.228. The van der Waals surface area contributed by atoms with Gasteiger partial charge >= 0.3 is 5.97 Å². The van der Waals surface area contributed by atoms with Crippen molar-refractivity contribution in [3.8, 4) is 0 Å². The number of esters is 1. The van der Waals surface area contributed by atoms with Crippen LogP contribution < -0.4 is 5.32 Å². The first-order chi connectivity index (χ1) is 12.4. The molecule has 0 atom stereocenters. The van der Waals surface area contributed by atoms with Crippen LogP contribution in [0.2, 0.25) is 0 Å². The Balaban J connectivity index is 1.69. The minimum absolute atomic E-state index is 0.0846. The third kappa shape index (κ3) is 6.72. The third-order valence-corrected chi connectivity index (χ3v) is 4.53. The minimum atomic E-state index is -0.440. The van der Waals surface area contributed by atoms with E-state index in [1.165, 1.54) is 12.5 Å². The normalized spacial score (nSPS) is 10.2. The summed E-state index contributed by atoms with van der Waals surface area (Å²) in [6.45, 7) is 3.13. The van der Waals surface area contributed by atoms with Crippen LogP contribution in [0.5, 0.6) is 0 Å². The third-order valence-electron chi connectivity index (χ3n) is 3.51. The molecule has 0 unspecified atom stereocenters. The molecule has 26 heavy (non-hydrogen) atoms. The van der Waals surface area contributed by atoms with E-state index in [1.807, 2.05) is 31.2 Å². The first kappa shape index (κ1) is 19.7. The maximum Gasteiger partial charge on any atom is 0.307 e. The second kappa shape index (κ2) is 9.77. The molecule has 0 aliphatic heterocycles. The molecule has 1 N–H and O–H groups in total. The standard InChI is InChI=1S/C20H21NO4S/c1-14-6-8-18(9-7-14)26-11-10-20(24)25-13-19(23)21-17-5-3-4-16(12-17)15(2)22/h3-9,12H,10-11,13H2,1-2H3,(H,21,23). The van der Waals surface area contributed by atoms with Crippen LogP contribution in [0.25, 0.3) is 0 Å². The van der Waals surface area contributed by atoms with Gasteiger partial charge in [-0.1, -0.05) is 29.8 Å². The van der Waals surface area contributed by atoms with Crippen LogP contribution in [0.1, 0.15) is 29.3 Å². The van der Waals surface area contributed by atoms with E-state index in [1.54, 1.807) is 36.0 Å². The zero-order valence-electron chi connectivity index (χ0n) is 14.8. The molecule has 0 aromatic heterocycles. The molecule has 0 saturated carbocycles. The molecule has 0 aliphatic rings. The van der Waals surface area contributed by atoms with Crippen molar-refractivity contribution >= 4 is 35.1 Å². The average molecular weight is 371 g/mol. The summed E-state index contributed by atoms with van der Waals surface area (Å²) in [4.78, 5) is 36.0. The number of nitrogens with one attached hydrogen (secondary N) is 1. The highest BCUT2D eigenvalue weighted by Gasteiger charge is 2.09. The topological polar surface area (TPSA) is 72.5 Å². The Labute approximate surface area is 157 Å². The second-order valence-corrected chi connectivity index (χ2v) is 6.93. The van der Waals surface area contributed by atoms with E-state index < -0.39 is 11.9 Å². The Morgan fingerprint density at radius 3 is 2.50 bits per heavy atom. The number of thioether (sulfide) groups is 1. The van der Waals surface area contributed by atoms with Crippen molar-refractivity contribution in [1.29, 1.82) is 0 Å². The van der Waals surface area contributed by atoms with E-state index >= 15 is 0 Å². The Kier molecular flexibility index (Phi) is 7.41. The van der Waals surface area contributed by atoms with Crippen molar-refractivity contribution in [3.63, 3.8) is 0 Å². The molecule has 5 nitrogen and oxygen atoms in total. The summed E-state index contributed by atoms with van der Waals surface area (Å²) >= 11 is 1.57. The van der Waals surface area contributed by atoms with Crippen LogP contribution >= 0.6 is 11.8 Å². The molecule has 0 spiro atoms. The van der Waals surface area contributed by atoms with Gasteiger partial charge in [0.05, 0.1) is 6.42 Å². The number of aryl methyl sites for hydroxylation is 1. The fourth-order valence-corrected chi connectivity index (χ4v) is 2.95. The van der Waals surface area contributed by atoms with Crippen LogP contribution in [-0.2, 0) is 14.3 Å². The largest absolute Gasteiger partial charge is 0.456 e. The van der Waals surface area contributed by atoms with E-state index in [2.05, 4.69) is 5.32 Å². The number of hydrogen-bond donors (Lipinski definition) is 1. The van der Waals surface area contributed by atoms with Crippen molar-refractivity contribution in [3.05, 3.63) is 59.7 Å². The Morgan fingerprint density at radius 1 is 1.08 bits per heavy atom. The molecule has 0 bridgehead atoms. The molecule has 0 saturated heterocycles. The molecular weight excluding hydrogens is 350 g/mol. The number of ketones is 1. The number of benzene rings is 2. The Morgan fingerprint density at radius 2 is 1.81 bits per heavy atom. The van der Waals surface area contributed by atoms with Gasteiger partial charge in [-0.25, -0.2) is 0 Å². The van der Waals surface area contributed by atoms with Crippen LogP contribution in [0.15, 0.2) is 53.4 Å². The molecule has 0 heterocycles. The van der Waals surface area contributed by atoms with E-state index in [4.69, 9.17) is 4.74 Å². The van der Waals surface area contributed by atoms with Gasteiger partial charge < -0.3 is 10.1 Å². The maximum absolute atomic E-state index is 11.8. The molecule has 1 amide bonds. The lowest BCUT2D eigenvalue weighted by atomic mass is 10.1. The monoisotopic (exact) mass is 371 g/mol. The first-order valence-electron chi connectivity index (χ1n) is 8.20. The van der Waals surface area contributed by atoms with Crippen LogP contribution in [0.4, 0.5) is 5.69 Å². The highest BCUT2D eigenvalue weighted by atomic mass is 32.2. The van der Waals surface area contributed by atoms with E-state index in [0.29, 0.717) is 17.0 Å². The molecule has 6 heteroatoms. The molecule has 0 aliphatic carbocycles. The smallest absolute Gasteiger partial charge is 0.307 e. The van der Waals surface area contributed by atoms with Gasteiger partial charge in [-0.05, 0) is 38.1 Å². The molecule has 2 aromatic carbocycles. The summed E-state index contributed by atoms with van der Waals surface area (Å²) < 4.78 is 4.98. The molecule has 136 valence electrons. The lowest BCUT2D eigenvalue weighted by Gasteiger charge is -2.07. The molecule has 0 radical (unpaired) electrons. The van der Waals surface area contributed by atoms with Crippen LogP contribution in [0.3, 0.4) is 0 Å². The van der Waals surface area contributed by atoms with Crippen molar-refractivity contribution in [2.75, 3.05) is 17.7 Å². The summed E-state index contributed by atoms with van der Waals surface area (Å²) in [5, 5.41) is 2.61. The maximum atomic E-state index is 11.8. The van der Waals surface area contributed by atoms with Crippen molar-refractivity contribution in [2.24, 2.45) is 0 Å². The van der Waals surface area contributed by atoms with Gasteiger partial charge in [0.1, 0.15) is 0 Å². The average Bonchev–Trinajstić information content (AvgIpc) is 2.62. The number of rotatable bonds is 8. The van der Waals surface area contributed by atoms with E-state index in [-0.39, 0.29) is 18.8 Å². The van der Waals surface area contributed by atoms with Gasteiger partial charge in [-0.15, -0.1) is 11.8 Å². The zero-order chi connectivity index (χ0) is 18.9. The molecule has 2 aromatic rings. The van der Waals surface area contributed by atoms with Gasteiger partial charge in [-0.2, -0.15) is 0 Å². The number of carbonyl (C=O) groups is 3. The van der Waals surface area contributed by atoms with E-state index in [9.17, 15) is 14.4 Å². The Hall–Kier alpha value is -2.60. The number of amides is 1. The number of anilines is 1. The number of ether oxygens (including phenoxy) is 1. The SMILES string of the molecule is CC(=O)c1cccc(NC(=O)COC(=O)CCSc2ccc(C)cc2)c1. The summed E-state index contributed by atoms with van der Waals surface area (Å²) in [5.41, 5.74) is 2.19. The van der Waals surface area contributed by atoms with Gasteiger partial charge in [-0.3, -0.25) is 14.4 Å². The zero-order valence-corrected chi connectivity index (χ0v) is 15.6. The van der Waals surface area contributed by atoms with Gasteiger partial charge in [0, 0.05) is 21.9 Å². The highest BCUT2D eigenvalue weighted by Crippen LogP contribution is 2.19. The Bertz CT molecular complexity index is 787. The van der Waals surface area contributed by atoms with Crippen LogP contribution in [0, 0.1) is 6.92 Å². The second-order valence-electron chi connectivity index (χ2n) is 5.76. The number of Topliss-reactive ketones (excluding diaryl/α,β-unsaturated/α-hetero) is 1.